The number of dihydropyridines is 1. The molecule has 394 valence electrons. The van der Waals surface area contributed by atoms with Crippen LogP contribution in [-0.2, 0) is 32.0 Å². The number of allylic oxidation sites excluding steroid dienone is 6. The zero-order chi connectivity index (χ0) is 52.8. The maximum absolute atomic E-state index is 14.9. The van der Waals surface area contributed by atoms with E-state index < -0.39 is 18.1 Å². The van der Waals surface area contributed by atoms with Gasteiger partial charge in [0.25, 0.3) is 0 Å². The highest BCUT2D eigenvalue weighted by Gasteiger charge is 2.37. The van der Waals surface area contributed by atoms with Crippen LogP contribution in [0.4, 0.5) is 5.69 Å². The van der Waals surface area contributed by atoms with Crippen LogP contribution in [0.1, 0.15) is 112 Å². The van der Waals surface area contributed by atoms with E-state index in [9.17, 15) is 24.6 Å². The Kier molecular flexibility index (Phi) is 15.7. The lowest BCUT2D eigenvalue weighted by molar-refractivity contribution is -0.148. The fourth-order valence-corrected chi connectivity index (χ4v) is 12.2. The number of nitrogens with one attached hydrogen (secondary N) is 2. The average Bonchev–Trinajstić information content (AvgIpc) is 4.06. The van der Waals surface area contributed by atoms with E-state index in [2.05, 4.69) is 106 Å². The van der Waals surface area contributed by atoms with Gasteiger partial charge in [-0.25, -0.2) is 0 Å². The van der Waals surface area contributed by atoms with E-state index in [-0.39, 0.29) is 53.3 Å². The highest BCUT2D eigenvalue weighted by molar-refractivity contribution is 5.95. The van der Waals surface area contributed by atoms with Gasteiger partial charge in [-0.15, -0.1) is 0 Å². The molecule has 4 aliphatic rings. The second-order valence-electron chi connectivity index (χ2n) is 21.3. The van der Waals surface area contributed by atoms with Crippen LogP contribution in [0.15, 0.2) is 158 Å². The Hall–Kier alpha value is -7.73. The molecule has 2 aliphatic heterocycles. The Morgan fingerprint density at radius 2 is 1.63 bits per heavy atom. The maximum atomic E-state index is 14.9. The number of aromatic hydroxyl groups is 2. The summed E-state index contributed by atoms with van der Waals surface area (Å²) >= 11 is 0. The SMILES string of the molecule is COc1cc([C@@H]2CC(=O)C[C@H](OC(C)=O)CC[C@@]3(C=CC=C[C@@H]3C)Cc3c[nH]cc3C[C@@H](c3cccc(O)c3)C3=CCNC(=C3)N(CCC(=O)C3CCCCC3)c3cccc4cn2cc34)ccc1Oc1cccc(O)c1. The monoisotopic (exact) mass is 1020 g/mol. The predicted octanol–water partition coefficient (Wildman–Crippen LogP) is 12.9. The number of anilines is 1. The summed E-state index contributed by atoms with van der Waals surface area (Å²) in [6.45, 7) is 4.65. The Labute approximate surface area is 445 Å². The minimum Gasteiger partial charge on any atom is -0.508 e. The molecule has 1 spiro atoms. The number of hydrogen-bond donors (Lipinski definition) is 4. The van der Waals surface area contributed by atoms with Crippen molar-refractivity contribution in [1.29, 1.82) is 0 Å². The number of ketones is 2. The number of aromatic amines is 1. The molecule has 4 bridgehead atoms. The van der Waals surface area contributed by atoms with Crippen LogP contribution in [0.25, 0.3) is 10.8 Å². The summed E-state index contributed by atoms with van der Waals surface area (Å²) in [7, 11) is 1.57. The van der Waals surface area contributed by atoms with Crippen molar-refractivity contribution in [2.24, 2.45) is 17.3 Å². The molecule has 12 heteroatoms. The number of H-pyrrole nitrogens is 1. The molecule has 0 unspecified atom stereocenters. The van der Waals surface area contributed by atoms with Crippen molar-refractivity contribution < 1.29 is 38.8 Å². The number of methoxy groups -OCH3 is 1. The first-order chi connectivity index (χ1) is 36.9. The molecule has 10 rings (SSSR count). The highest BCUT2D eigenvalue weighted by Crippen LogP contribution is 2.45. The Morgan fingerprint density at radius 3 is 2.42 bits per heavy atom. The van der Waals surface area contributed by atoms with E-state index in [1.807, 2.05) is 36.4 Å². The number of hydrogen-bond acceptors (Lipinski definition) is 10. The lowest BCUT2D eigenvalue weighted by atomic mass is 9.66. The van der Waals surface area contributed by atoms with Crippen molar-refractivity contribution in [3.05, 3.63) is 180 Å². The predicted molar refractivity (Wildman–Crippen MR) is 297 cm³/mol. The number of esters is 1. The van der Waals surface area contributed by atoms with E-state index in [1.165, 1.54) is 25.0 Å². The molecule has 76 heavy (non-hydrogen) atoms. The van der Waals surface area contributed by atoms with Gasteiger partial charge in [0, 0.05) is 92.7 Å². The number of carbonyl (C=O) groups excluding carboxylic acids is 3. The van der Waals surface area contributed by atoms with Crippen LogP contribution in [-0.4, -0.2) is 63.6 Å². The maximum Gasteiger partial charge on any atom is 0.302 e. The first-order valence-electron chi connectivity index (χ1n) is 27.1. The number of rotatable bonds is 10. The van der Waals surface area contributed by atoms with Gasteiger partial charge in [-0.05, 0) is 126 Å². The summed E-state index contributed by atoms with van der Waals surface area (Å²) < 4.78 is 20.3. The Balaban J connectivity index is 1.12. The van der Waals surface area contributed by atoms with Crippen molar-refractivity contribution in [1.82, 2.24) is 14.9 Å². The molecule has 4 N–H and O–H groups in total. The van der Waals surface area contributed by atoms with E-state index in [4.69, 9.17) is 14.2 Å². The van der Waals surface area contributed by atoms with E-state index in [1.54, 1.807) is 31.4 Å². The smallest absolute Gasteiger partial charge is 0.302 e. The topological polar surface area (TPSA) is 155 Å². The molecule has 12 nitrogen and oxygen atoms in total. The van der Waals surface area contributed by atoms with E-state index in [0.717, 1.165) is 70.2 Å². The summed E-state index contributed by atoms with van der Waals surface area (Å²) in [4.78, 5) is 47.6. The number of ether oxygens (including phenoxy) is 3. The fraction of sp³-hybridized carbons (Fsp3) is 0.359. The number of phenolic OH excluding ortho intramolecular Hbond substituents is 2. The summed E-state index contributed by atoms with van der Waals surface area (Å²) in [5.74, 6) is 2.33. The molecule has 0 amide bonds. The van der Waals surface area contributed by atoms with Gasteiger partial charge < -0.3 is 44.2 Å². The number of Topliss-reactive ketones (excluding diaryl/α,β-unsaturated/α-hetero) is 2. The second kappa shape index (κ2) is 23.0. The standard InChI is InChI=1S/C64H70N4O8/c1-42-12-7-8-26-64(42)27-23-55(75-43(2)69)35-53(72)36-59(47-21-22-61(62(32-47)74-3)76-54-19-11-18-52(71)34-54)67-40-48-16-10-20-58(57(48)41-67)68(29-25-60(73)44-13-5-4-6-14-44)63-33-46(24-28-66-63)56(45-15-9-17-51(70)30-45)31-49-38-65-39-50(49)37-64/h7-12,15-22,24,26,30,32-34,38-42,44,55-56,59,65-66,70-71H,4-6,13-14,23,25,27-29,31,35-37H2,1-3H3/t42-,55+,56-,59-,64-/m0/s1. The van der Waals surface area contributed by atoms with Crippen LogP contribution in [0.2, 0.25) is 0 Å². The second-order valence-corrected chi connectivity index (χ2v) is 21.3. The third-order valence-corrected chi connectivity index (χ3v) is 16.3. The van der Waals surface area contributed by atoms with Crippen LogP contribution >= 0.6 is 0 Å². The van der Waals surface area contributed by atoms with Gasteiger partial charge >= 0.3 is 5.97 Å². The highest BCUT2D eigenvalue weighted by atomic mass is 16.5. The van der Waals surface area contributed by atoms with Gasteiger partial charge in [0.1, 0.15) is 40.7 Å². The molecule has 2 aliphatic carbocycles. The molecular formula is C64H70N4O8. The molecule has 5 atom stereocenters. The van der Waals surface area contributed by atoms with Crippen molar-refractivity contribution in [3.8, 4) is 28.7 Å². The molecule has 4 heterocycles. The summed E-state index contributed by atoms with van der Waals surface area (Å²) in [5.41, 5.74) is 5.79. The minimum absolute atomic E-state index is 0.0285. The number of carbonyl (C=O) groups is 3. The summed E-state index contributed by atoms with van der Waals surface area (Å²) in [6, 6.07) is 25.5. The molecule has 4 aromatic carbocycles. The summed E-state index contributed by atoms with van der Waals surface area (Å²) in [5, 5.41) is 26.8. The van der Waals surface area contributed by atoms with Gasteiger partial charge in [-0.1, -0.05) is 93.0 Å². The zero-order valence-electron chi connectivity index (χ0n) is 43.9. The largest absolute Gasteiger partial charge is 0.508 e. The first-order valence-corrected chi connectivity index (χ1v) is 27.1. The van der Waals surface area contributed by atoms with Gasteiger partial charge in [0.15, 0.2) is 11.5 Å². The van der Waals surface area contributed by atoms with Gasteiger partial charge in [0.05, 0.1) is 18.8 Å². The Bertz CT molecular complexity index is 3210. The number of fused-ring (bicyclic) bond motifs is 3. The number of phenols is 2. The van der Waals surface area contributed by atoms with Crippen LogP contribution in [0.5, 0.6) is 28.7 Å². The normalized spacial score (nSPS) is 22.5. The number of aromatic nitrogens is 2. The van der Waals surface area contributed by atoms with Crippen LogP contribution < -0.4 is 19.7 Å². The van der Waals surface area contributed by atoms with Crippen LogP contribution in [0, 0.1) is 17.3 Å². The number of benzene rings is 4. The molecule has 1 saturated carbocycles. The van der Waals surface area contributed by atoms with E-state index >= 15 is 0 Å². The average molecular weight is 1020 g/mol. The molecule has 1 fully saturated rings. The molecule has 0 saturated heterocycles. The van der Waals surface area contributed by atoms with Crippen molar-refractivity contribution >= 4 is 34.0 Å². The van der Waals surface area contributed by atoms with E-state index in [0.29, 0.717) is 68.2 Å². The molecule has 2 aromatic heterocycles. The molecule has 6 aromatic rings. The first kappa shape index (κ1) is 51.7. The summed E-state index contributed by atoms with van der Waals surface area (Å²) in [6.07, 6.45) is 29.1. The molecular weight excluding hydrogens is 953 g/mol. The van der Waals surface area contributed by atoms with Gasteiger partial charge in [-0.2, -0.15) is 0 Å². The van der Waals surface area contributed by atoms with Crippen molar-refractivity contribution in [2.45, 2.75) is 109 Å². The minimum atomic E-state index is -0.664. The number of nitrogens with zero attached hydrogens (tertiary/aromatic N) is 2. The molecule has 0 radical (unpaired) electrons. The zero-order valence-corrected chi connectivity index (χ0v) is 43.9. The van der Waals surface area contributed by atoms with Gasteiger partial charge in [0.2, 0.25) is 0 Å². The quantitative estimate of drug-likeness (QED) is 0.0975. The van der Waals surface area contributed by atoms with Crippen molar-refractivity contribution in [3.63, 3.8) is 0 Å². The fourth-order valence-electron chi connectivity index (χ4n) is 12.2. The van der Waals surface area contributed by atoms with Crippen LogP contribution in [0.3, 0.4) is 0 Å². The van der Waals surface area contributed by atoms with Crippen molar-refractivity contribution in [2.75, 3.05) is 25.1 Å². The van der Waals surface area contributed by atoms with Gasteiger partial charge in [-0.3, -0.25) is 14.4 Å². The third-order valence-electron chi connectivity index (χ3n) is 16.3. The lowest BCUT2D eigenvalue weighted by Crippen LogP contribution is -2.36. The third kappa shape index (κ3) is 11.7. The Morgan fingerprint density at radius 1 is 0.829 bits per heavy atom. The lowest BCUT2D eigenvalue weighted by Gasteiger charge is -2.38.